The average Bonchev–Trinajstić information content (AvgIpc) is 2.80. The van der Waals surface area contributed by atoms with Crippen molar-refractivity contribution in [2.75, 3.05) is 26.7 Å². The number of nitriles is 1. The maximum Gasteiger partial charge on any atom is 0.246 e. The Morgan fingerprint density at radius 3 is 2.71 bits per heavy atom. The van der Waals surface area contributed by atoms with Crippen LogP contribution >= 0.6 is 0 Å². The fourth-order valence-corrected chi connectivity index (χ4v) is 3.42. The summed E-state index contributed by atoms with van der Waals surface area (Å²) in [5.41, 5.74) is 1.33. The zero-order valence-corrected chi connectivity index (χ0v) is 17.5. The van der Waals surface area contributed by atoms with Gasteiger partial charge in [0.2, 0.25) is 5.91 Å². The summed E-state index contributed by atoms with van der Waals surface area (Å²) >= 11 is 0. The lowest BCUT2D eigenvalue weighted by Crippen LogP contribution is -2.48. The fraction of sp³-hybridized carbons (Fsp3) is 0.333. The molecule has 7 heteroatoms. The number of nitrogens with zero attached hydrogens (tertiary/aromatic N) is 2. The van der Waals surface area contributed by atoms with E-state index < -0.39 is 6.23 Å². The number of piperidine rings is 1. The van der Waals surface area contributed by atoms with Crippen molar-refractivity contribution in [3.63, 3.8) is 0 Å². The molecule has 1 saturated heterocycles. The van der Waals surface area contributed by atoms with Gasteiger partial charge in [-0.25, -0.2) is 4.39 Å². The summed E-state index contributed by atoms with van der Waals surface area (Å²) in [5, 5.41) is 11.8. The molecule has 1 amide bonds. The van der Waals surface area contributed by atoms with Crippen LogP contribution in [-0.2, 0) is 9.53 Å². The van der Waals surface area contributed by atoms with Crippen molar-refractivity contribution < 1.29 is 18.7 Å². The zero-order valence-electron chi connectivity index (χ0n) is 17.5. The maximum atomic E-state index is 13.0. The first-order chi connectivity index (χ1) is 15.1. The Bertz CT molecular complexity index is 932. The number of hydrogen-bond acceptors (Lipinski definition) is 5. The SMILES string of the molecule is COC(CN1CCC(Oc2ccc(F)cc2)CC1)NC(=O)/C=C/c1cccc(C#N)c1. The van der Waals surface area contributed by atoms with Crippen LogP contribution in [0.3, 0.4) is 0 Å². The summed E-state index contributed by atoms with van der Waals surface area (Å²) in [5.74, 6) is 0.137. The molecule has 0 spiro atoms. The van der Waals surface area contributed by atoms with Gasteiger partial charge in [0.05, 0.1) is 11.6 Å². The van der Waals surface area contributed by atoms with E-state index in [-0.39, 0.29) is 17.8 Å². The largest absolute Gasteiger partial charge is 0.490 e. The van der Waals surface area contributed by atoms with Crippen molar-refractivity contribution in [3.05, 3.63) is 71.6 Å². The standard InChI is InChI=1S/C24H26FN3O3/c1-30-24(27-23(29)10-5-18-3-2-4-19(15-18)16-26)17-28-13-11-22(12-14-28)31-21-8-6-20(25)7-9-21/h2-10,15,22,24H,11-14,17H2,1H3,(H,27,29)/b10-5+. The summed E-state index contributed by atoms with van der Waals surface area (Å²) in [4.78, 5) is 14.5. The van der Waals surface area contributed by atoms with Gasteiger partial charge < -0.3 is 14.8 Å². The molecule has 0 bridgehead atoms. The number of ether oxygens (including phenoxy) is 2. The number of methoxy groups -OCH3 is 1. The molecule has 3 rings (SSSR count). The van der Waals surface area contributed by atoms with Gasteiger partial charge in [-0.15, -0.1) is 0 Å². The van der Waals surface area contributed by atoms with E-state index in [1.807, 2.05) is 6.07 Å². The summed E-state index contributed by atoms with van der Waals surface area (Å²) < 4.78 is 24.4. The first kappa shape index (κ1) is 22.5. The van der Waals surface area contributed by atoms with Crippen molar-refractivity contribution >= 4 is 12.0 Å². The van der Waals surface area contributed by atoms with E-state index in [0.717, 1.165) is 31.5 Å². The van der Waals surface area contributed by atoms with E-state index in [4.69, 9.17) is 14.7 Å². The number of carbonyl (C=O) groups excluding carboxylic acids is 1. The maximum absolute atomic E-state index is 13.0. The first-order valence-electron chi connectivity index (χ1n) is 10.2. The number of benzene rings is 2. The molecule has 0 aromatic heterocycles. The molecule has 1 atom stereocenters. The van der Waals surface area contributed by atoms with Gasteiger partial charge in [-0.2, -0.15) is 5.26 Å². The number of halogens is 1. The Balaban J connectivity index is 1.43. The van der Waals surface area contributed by atoms with Gasteiger partial charge in [-0.1, -0.05) is 12.1 Å². The zero-order chi connectivity index (χ0) is 22.1. The van der Waals surface area contributed by atoms with Crippen LogP contribution in [0.2, 0.25) is 0 Å². The molecular weight excluding hydrogens is 397 g/mol. The van der Waals surface area contributed by atoms with Gasteiger partial charge in [-0.3, -0.25) is 9.69 Å². The van der Waals surface area contributed by atoms with E-state index in [1.165, 1.54) is 18.2 Å². The highest BCUT2D eigenvalue weighted by Crippen LogP contribution is 2.19. The summed E-state index contributed by atoms with van der Waals surface area (Å²) in [6, 6.07) is 15.2. The van der Waals surface area contributed by atoms with Crippen LogP contribution in [0.15, 0.2) is 54.6 Å². The first-order valence-corrected chi connectivity index (χ1v) is 10.2. The molecule has 2 aromatic rings. The lowest BCUT2D eigenvalue weighted by Gasteiger charge is -2.34. The van der Waals surface area contributed by atoms with Crippen molar-refractivity contribution in [3.8, 4) is 11.8 Å². The Hall–Kier alpha value is -3.21. The third-order valence-corrected chi connectivity index (χ3v) is 5.11. The molecule has 1 aliphatic rings. The molecule has 1 N–H and O–H groups in total. The highest BCUT2D eigenvalue weighted by Gasteiger charge is 2.23. The van der Waals surface area contributed by atoms with Crippen molar-refractivity contribution in [2.45, 2.75) is 25.2 Å². The third-order valence-electron chi connectivity index (χ3n) is 5.11. The van der Waals surface area contributed by atoms with Crippen LogP contribution in [-0.4, -0.2) is 49.9 Å². The molecule has 1 unspecified atom stereocenters. The Labute approximate surface area is 181 Å². The number of carbonyl (C=O) groups is 1. The Morgan fingerprint density at radius 2 is 2.03 bits per heavy atom. The van der Waals surface area contributed by atoms with Gasteiger partial charge in [0, 0.05) is 32.8 Å². The molecule has 0 saturated carbocycles. The van der Waals surface area contributed by atoms with Crippen LogP contribution < -0.4 is 10.1 Å². The number of nitrogens with one attached hydrogen (secondary N) is 1. The lowest BCUT2D eigenvalue weighted by atomic mass is 10.1. The average molecular weight is 423 g/mol. The highest BCUT2D eigenvalue weighted by molar-refractivity contribution is 5.91. The van der Waals surface area contributed by atoms with Gasteiger partial charge in [0.25, 0.3) is 0 Å². The molecule has 0 aliphatic carbocycles. The van der Waals surface area contributed by atoms with E-state index >= 15 is 0 Å². The van der Waals surface area contributed by atoms with Crippen molar-refractivity contribution in [1.29, 1.82) is 5.26 Å². The second kappa shape index (κ2) is 11.3. The van der Waals surface area contributed by atoms with Gasteiger partial charge in [0.1, 0.15) is 23.9 Å². The molecule has 1 aliphatic heterocycles. The Morgan fingerprint density at radius 1 is 1.29 bits per heavy atom. The minimum absolute atomic E-state index is 0.0874. The number of amides is 1. The van der Waals surface area contributed by atoms with Crippen LogP contribution in [0.25, 0.3) is 6.08 Å². The highest BCUT2D eigenvalue weighted by atomic mass is 19.1. The Kier molecular flexibility index (Phi) is 8.16. The molecule has 1 heterocycles. The predicted octanol–water partition coefficient (Wildman–Crippen LogP) is 3.34. The topological polar surface area (TPSA) is 74.6 Å². The molecule has 2 aromatic carbocycles. The van der Waals surface area contributed by atoms with E-state index in [1.54, 1.807) is 43.5 Å². The second-order valence-electron chi connectivity index (χ2n) is 7.38. The van der Waals surface area contributed by atoms with Crippen molar-refractivity contribution in [2.24, 2.45) is 0 Å². The molecular formula is C24H26FN3O3. The van der Waals surface area contributed by atoms with Crippen LogP contribution in [0.4, 0.5) is 4.39 Å². The quantitative estimate of drug-likeness (QED) is 0.521. The summed E-state index contributed by atoms with van der Waals surface area (Å²) in [6.07, 6.45) is 4.45. The van der Waals surface area contributed by atoms with Gasteiger partial charge in [0.15, 0.2) is 0 Å². The van der Waals surface area contributed by atoms with E-state index in [2.05, 4.69) is 16.3 Å². The summed E-state index contributed by atoms with van der Waals surface area (Å²) in [6.45, 7) is 2.21. The van der Waals surface area contributed by atoms with E-state index in [0.29, 0.717) is 17.9 Å². The third kappa shape index (κ3) is 7.21. The monoisotopic (exact) mass is 423 g/mol. The minimum Gasteiger partial charge on any atom is -0.490 e. The predicted molar refractivity (Wildman–Crippen MR) is 116 cm³/mol. The summed E-state index contributed by atoms with van der Waals surface area (Å²) in [7, 11) is 1.56. The van der Waals surface area contributed by atoms with Gasteiger partial charge in [-0.05, 0) is 60.9 Å². The van der Waals surface area contributed by atoms with E-state index in [9.17, 15) is 9.18 Å². The molecule has 1 fully saturated rings. The number of likely N-dealkylation sites (tertiary alicyclic amines) is 1. The fourth-order valence-electron chi connectivity index (χ4n) is 3.42. The van der Waals surface area contributed by atoms with Crippen LogP contribution in [0.5, 0.6) is 5.75 Å². The lowest BCUT2D eigenvalue weighted by molar-refractivity contribution is -0.120. The molecule has 162 valence electrons. The number of rotatable bonds is 8. The van der Waals surface area contributed by atoms with Crippen LogP contribution in [0.1, 0.15) is 24.0 Å². The van der Waals surface area contributed by atoms with Gasteiger partial charge >= 0.3 is 0 Å². The normalized spacial score (nSPS) is 16.0. The number of hydrogen-bond donors (Lipinski definition) is 1. The molecule has 0 radical (unpaired) electrons. The van der Waals surface area contributed by atoms with Crippen molar-refractivity contribution in [1.82, 2.24) is 10.2 Å². The smallest absolute Gasteiger partial charge is 0.246 e. The molecule has 6 nitrogen and oxygen atoms in total. The van der Waals surface area contributed by atoms with Crippen LogP contribution in [0, 0.1) is 17.1 Å². The minimum atomic E-state index is -0.433. The molecule has 31 heavy (non-hydrogen) atoms. The second-order valence-corrected chi connectivity index (χ2v) is 7.38.